The van der Waals surface area contributed by atoms with Crippen LogP contribution >= 0.6 is 0 Å². The zero-order valence-electron chi connectivity index (χ0n) is 11.0. The van der Waals surface area contributed by atoms with Gasteiger partial charge < -0.3 is 10.4 Å². The third-order valence-electron chi connectivity index (χ3n) is 4.01. The normalized spacial score (nSPS) is 21.7. The van der Waals surface area contributed by atoms with Gasteiger partial charge in [0.15, 0.2) is 0 Å². The highest BCUT2D eigenvalue weighted by Crippen LogP contribution is 2.37. The predicted molar refractivity (Wildman–Crippen MR) is 78.2 cm³/mol. The molecule has 1 aliphatic rings. The van der Waals surface area contributed by atoms with Crippen LogP contribution in [0.5, 0.6) is 0 Å². The van der Waals surface area contributed by atoms with E-state index in [2.05, 4.69) is 41.7 Å². The first kappa shape index (κ1) is 12.2. The summed E-state index contributed by atoms with van der Waals surface area (Å²) in [5.74, 6) is 0. The second-order valence-corrected chi connectivity index (χ2v) is 5.24. The lowest BCUT2D eigenvalue weighted by Crippen LogP contribution is -2.42. The van der Waals surface area contributed by atoms with Crippen LogP contribution in [0.15, 0.2) is 54.6 Å². The van der Waals surface area contributed by atoms with Gasteiger partial charge in [0.1, 0.15) is 0 Å². The van der Waals surface area contributed by atoms with E-state index in [1.54, 1.807) is 0 Å². The summed E-state index contributed by atoms with van der Waals surface area (Å²) < 4.78 is 0. The number of nitrogens with one attached hydrogen (secondary N) is 1. The molecular formula is C17H19NO. The monoisotopic (exact) mass is 253 g/mol. The molecule has 0 spiro atoms. The van der Waals surface area contributed by atoms with Crippen LogP contribution in [0.25, 0.3) is 0 Å². The fourth-order valence-corrected chi connectivity index (χ4v) is 3.05. The number of aryl methyl sites for hydroxylation is 1. The summed E-state index contributed by atoms with van der Waals surface area (Å²) in [6.45, 7) is 0.124. The maximum atomic E-state index is 9.99. The lowest BCUT2D eigenvalue weighted by molar-refractivity contribution is 0.194. The third-order valence-corrected chi connectivity index (χ3v) is 4.01. The average Bonchev–Trinajstić information content (AvgIpc) is 2.49. The Bertz CT molecular complexity index is 552. The van der Waals surface area contributed by atoms with Crippen molar-refractivity contribution in [3.8, 4) is 0 Å². The van der Waals surface area contributed by atoms with Crippen LogP contribution in [0.4, 0.5) is 5.69 Å². The second-order valence-electron chi connectivity index (χ2n) is 5.24. The molecular weight excluding hydrogens is 234 g/mol. The Labute approximate surface area is 114 Å². The highest BCUT2D eigenvalue weighted by Gasteiger charge is 2.35. The van der Waals surface area contributed by atoms with Crippen molar-refractivity contribution in [2.24, 2.45) is 0 Å². The SMILES string of the molecule is OCC1(Nc2ccccc2)CCCc2ccccc21. The highest BCUT2D eigenvalue weighted by atomic mass is 16.3. The molecule has 0 aromatic heterocycles. The average molecular weight is 253 g/mol. The number of benzene rings is 2. The van der Waals surface area contributed by atoms with E-state index in [1.165, 1.54) is 11.1 Å². The quantitative estimate of drug-likeness (QED) is 0.879. The Morgan fingerprint density at radius 1 is 1.00 bits per heavy atom. The van der Waals surface area contributed by atoms with Gasteiger partial charge in [-0.05, 0) is 42.5 Å². The van der Waals surface area contributed by atoms with Crippen molar-refractivity contribution in [1.82, 2.24) is 0 Å². The fraction of sp³-hybridized carbons (Fsp3) is 0.294. The van der Waals surface area contributed by atoms with E-state index < -0.39 is 0 Å². The predicted octanol–water partition coefficient (Wildman–Crippen LogP) is 3.32. The topological polar surface area (TPSA) is 32.3 Å². The van der Waals surface area contributed by atoms with Gasteiger partial charge in [-0.2, -0.15) is 0 Å². The van der Waals surface area contributed by atoms with Gasteiger partial charge in [-0.3, -0.25) is 0 Å². The molecule has 2 aromatic rings. The molecule has 0 bridgehead atoms. The smallest absolute Gasteiger partial charge is 0.0859 e. The number of para-hydroxylation sites is 1. The Morgan fingerprint density at radius 2 is 1.74 bits per heavy atom. The van der Waals surface area contributed by atoms with Gasteiger partial charge in [0, 0.05) is 5.69 Å². The number of hydrogen-bond acceptors (Lipinski definition) is 2. The molecule has 1 atom stereocenters. The number of hydrogen-bond donors (Lipinski definition) is 2. The van der Waals surface area contributed by atoms with Crippen molar-refractivity contribution in [2.75, 3.05) is 11.9 Å². The third kappa shape index (κ3) is 2.24. The van der Waals surface area contributed by atoms with Crippen LogP contribution in [0.1, 0.15) is 24.0 Å². The number of rotatable bonds is 3. The maximum Gasteiger partial charge on any atom is 0.0859 e. The van der Waals surface area contributed by atoms with Gasteiger partial charge in [-0.1, -0.05) is 42.5 Å². The number of aliphatic hydroxyl groups excluding tert-OH is 1. The molecule has 0 aliphatic heterocycles. The van der Waals surface area contributed by atoms with Crippen molar-refractivity contribution >= 4 is 5.69 Å². The maximum absolute atomic E-state index is 9.99. The van der Waals surface area contributed by atoms with Crippen LogP contribution in [0, 0.1) is 0 Å². The van der Waals surface area contributed by atoms with Crippen molar-refractivity contribution in [3.05, 3.63) is 65.7 Å². The Balaban J connectivity index is 2.00. The molecule has 0 saturated carbocycles. The molecule has 0 heterocycles. The molecule has 2 N–H and O–H groups in total. The first-order valence-electron chi connectivity index (χ1n) is 6.86. The molecule has 98 valence electrons. The van der Waals surface area contributed by atoms with E-state index in [0.717, 1.165) is 24.9 Å². The standard InChI is InChI=1S/C17H19NO/c19-13-17(18-15-9-2-1-3-10-15)12-6-8-14-7-4-5-11-16(14)17/h1-5,7,9-11,18-19H,6,8,12-13H2. The molecule has 19 heavy (non-hydrogen) atoms. The summed E-state index contributed by atoms with van der Waals surface area (Å²) in [6.07, 6.45) is 3.18. The summed E-state index contributed by atoms with van der Waals surface area (Å²) in [6, 6.07) is 18.6. The van der Waals surface area contributed by atoms with Crippen molar-refractivity contribution in [2.45, 2.75) is 24.8 Å². The second kappa shape index (κ2) is 5.06. The summed E-state index contributed by atoms with van der Waals surface area (Å²) in [7, 11) is 0. The van der Waals surface area contributed by atoms with Crippen LogP contribution in [0.2, 0.25) is 0 Å². The molecule has 1 aliphatic carbocycles. The van der Waals surface area contributed by atoms with Gasteiger partial charge in [-0.15, -0.1) is 0 Å². The van der Waals surface area contributed by atoms with E-state index in [1.807, 2.05) is 18.2 Å². The molecule has 0 saturated heterocycles. The minimum atomic E-state index is -0.337. The van der Waals surface area contributed by atoms with E-state index in [4.69, 9.17) is 0 Å². The van der Waals surface area contributed by atoms with Crippen LogP contribution in [-0.2, 0) is 12.0 Å². The van der Waals surface area contributed by atoms with E-state index in [0.29, 0.717) is 0 Å². The zero-order chi connectivity index (χ0) is 13.1. The van der Waals surface area contributed by atoms with Crippen LogP contribution in [-0.4, -0.2) is 11.7 Å². The molecule has 3 rings (SSSR count). The van der Waals surface area contributed by atoms with E-state index >= 15 is 0 Å². The highest BCUT2D eigenvalue weighted by molar-refractivity contribution is 5.50. The number of anilines is 1. The van der Waals surface area contributed by atoms with Crippen LogP contribution < -0.4 is 5.32 Å². The Kier molecular flexibility index (Phi) is 3.26. The Hall–Kier alpha value is -1.80. The number of fused-ring (bicyclic) bond motifs is 1. The van der Waals surface area contributed by atoms with Gasteiger partial charge in [0.2, 0.25) is 0 Å². The first-order chi connectivity index (χ1) is 9.34. The summed E-state index contributed by atoms with van der Waals surface area (Å²) in [5, 5.41) is 13.5. The lowest BCUT2D eigenvalue weighted by atomic mass is 9.77. The molecule has 2 aromatic carbocycles. The lowest BCUT2D eigenvalue weighted by Gasteiger charge is -2.39. The largest absolute Gasteiger partial charge is 0.394 e. The van der Waals surface area contributed by atoms with Crippen molar-refractivity contribution in [1.29, 1.82) is 0 Å². The van der Waals surface area contributed by atoms with Gasteiger partial charge >= 0.3 is 0 Å². The molecule has 0 radical (unpaired) electrons. The molecule has 2 nitrogen and oxygen atoms in total. The Morgan fingerprint density at radius 3 is 2.53 bits per heavy atom. The molecule has 1 unspecified atom stereocenters. The number of aliphatic hydroxyl groups is 1. The van der Waals surface area contributed by atoms with Crippen LogP contribution in [0.3, 0.4) is 0 Å². The summed E-state index contributed by atoms with van der Waals surface area (Å²) in [4.78, 5) is 0. The molecule has 2 heteroatoms. The summed E-state index contributed by atoms with van der Waals surface area (Å²) >= 11 is 0. The van der Waals surface area contributed by atoms with Gasteiger partial charge in [0.05, 0.1) is 12.1 Å². The van der Waals surface area contributed by atoms with Crippen molar-refractivity contribution in [3.63, 3.8) is 0 Å². The van der Waals surface area contributed by atoms with E-state index in [-0.39, 0.29) is 12.1 Å². The molecule has 0 fully saturated rings. The molecule has 0 amide bonds. The van der Waals surface area contributed by atoms with Gasteiger partial charge in [0.25, 0.3) is 0 Å². The summed E-state index contributed by atoms with van der Waals surface area (Å²) in [5.41, 5.74) is 3.32. The minimum absolute atomic E-state index is 0.124. The van der Waals surface area contributed by atoms with Gasteiger partial charge in [-0.25, -0.2) is 0 Å². The fourth-order valence-electron chi connectivity index (χ4n) is 3.05. The minimum Gasteiger partial charge on any atom is -0.394 e. The van der Waals surface area contributed by atoms with E-state index in [9.17, 15) is 5.11 Å². The zero-order valence-corrected chi connectivity index (χ0v) is 11.0. The first-order valence-corrected chi connectivity index (χ1v) is 6.86. The van der Waals surface area contributed by atoms with Crippen molar-refractivity contribution < 1.29 is 5.11 Å².